The molecule has 0 aliphatic carbocycles. The van der Waals surface area contributed by atoms with E-state index in [2.05, 4.69) is 83.9 Å². The van der Waals surface area contributed by atoms with Crippen molar-refractivity contribution in [2.45, 2.75) is 29.4 Å². The fourth-order valence-corrected chi connectivity index (χ4v) is 10.1. The maximum atomic E-state index is 5.22. The minimum atomic E-state index is 0.511. The Hall–Kier alpha value is -4.17. The average molecular weight is 775 g/mol. The lowest BCUT2D eigenvalue weighted by molar-refractivity contribution is 1.05. The summed E-state index contributed by atoms with van der Waals surface area (Å²) in [5, 5.41) is 0. The molecule has 6 aromatic carbocycles. The van der Waals surface area contributed by atoms with E-state index in [0.29, 0.717) is 17.8 Å². The predicted octanol–water partition coefficient (Wildman–Crippen LogP) is 12.5. The van der Waals surface area contributed by atoms with Crippen LogP contribution >= 0.6 is 71.7 Å². The Kier molecular flexibility index (Phi) is 12.7. The van der Waals surface area contributed by atoms with Gasteiger partial charge >= 0.3 is 0 Å². The summed E-state index contributed by atoms with van der Waals surface area (Å²) in [5.41, 5.74) is 0. The summed E-state index contributed by atoms with van der Waals surface area (Å²) in [5.74, 6) is 1.53. The largest absolute Gasteiger partial charge is 0.253 e. The van der Waals surface area contributed by atoms with E-state index in [0.717, 1.165) is 29.4 Å². The molecule has 0 saturated carbocycles. The molecule has 252 valence electrons. The van der Waals surface area contributed by atoms with Crippen molar-refractivity contribution in [3.05, 3.63) is 182 Å². The average Bonchev–Trinajstić information content (AvgIpc) is 3.19. The van der Waals surface area contributed by atoms with Gasteiger partial charge in [0.1, 0.15) is 0 Å². The number of hydrogen-bond donors (Lipinski definition) is 0. The Bertz CT molecular complexity index is 1690. The molecule has 1 aromatic heterocycles. The highest BCUT2D eigenvalue weighted by Crippen LogP contribution is 2.44. The zero-order valence-corrected chi connectivity index (χ0v) is 31.9. The molecule has 0 atom stereocenters. The Balaban J connectivity index is 1.37. The molecule has 0 aliphatic heterocycles. The molecule has 6 nitrogen and oxygen atoms in total. The monoisotopic (exact) mass is 774 g/mol. The van der Waals surface area contributed by atoms with Crippen LogP contribution in [0.25, 0.3) is 0 Å². The maximum absolute atomic E-state index is 5.22. The third kappa shape index (κ3) is 10.4. The van der Waals surface area contributed by atoms with Gasteiger partial charge in [-0.2, -0.15) is 15.0 Å². The van der Waals surface area contributed by atoms with Crippen molar-refractivity contribution in [2.24, 2.45) is 0 Å². The highest BCUT2D eigenvalue weighted by atomic mass is 32.2. The van der Waals surface area contributed by atoms with E-state index in [1.54, 1.807) is 71.7 Å². The number of rotatable bonds is 15. The number of nitrogens with zero attached hydrogens (tertiary/aromatic N) is 6. The van der Waals surface area contributed by atoms with E-state index in [4.69, 9.17) is 15.0 Å². The lowest BCUT2D eigenvalue weighted by Gasteiger charge is -2.26. The molecule has 0 N–H and O–H groups in total. The van der Waals surface area contributed by atoms with E-state index in [1.165, 1.54) is 0 Å². The molecule has 0 fully saturated rings. The molecule has 51 heavy (non-hydrogen) atoms. The van der Waals surface area contributed by atoms with Gasteiger partial charge in [-0.25, -0.2) is 11.1 Å². The number of anilines is 3. The second-order valence-corrected chi connectivity index (χ2v) is 17.2. The highest BCUT2D eigenvalue weighted by Gasteiger charge is 2.25. The molecule has 0 spiro atoms. The lowest BCUT2D eigenvalue weighted by Crippen LogP contribution is -2.18. The van der Waals surface area contributed by atoms with E-state index >= 15 is 0 Å². The minimum Gasteiger partial charge on any atom is -0.215 e. The van der Waals surface area contributed by atoms with E-state index < -0.39 is 0 Å². The van der Waals surface area contributed by atoms with Gasteiger partial charge in [0.15, 0.2) is 0 Å². The summed E-state index contributed by atoms with van der Waals surface area (Å²) >= 11 is 9.44. The van der Waals surface area contributed by atoms with Crippen molar-refractivity contribution in [3.8, 4) is 0 Å². The Morgan fingerprint density at radius 1 is 0.235 bits per heavy atom. The van der Waals surface area contributed by atoms with Crippen molar-refractivity contribution in [2.75, 3.05) is 11.1 Å². The number of benzene rings is 6. The molecular formula is C39H30N6S6. The van der Waals surface area contributed by atoms with Crippen LogP contribution in [-0.2, 0) is 0 Å². The first-order valence-corrected chi connectivity index (χ1v) is 20.4. The summed E-state index contributed by atoms with van der Waals surface area (Å²) in [6.45, 7) is 0. The predicted molar refractivity (Wildman–Crippen MR) is 221 cm³/mol. The van der Waals surface area contributed by atoms with Gasteiger partial charge in [-0.15, -0.1) is 0 Å². The summed E-state index contributed by atoms with van der Waals surface area (Å²) < 4.78 is 6.20. The Morgan fingerprint density at radius 3 is 0.549 bits per heavy atom. The normalized spacial score (nSPS) is 10.8. The molecule has 0 bridgehead atoms. The molecule has 0 radical (unpaired) electrons. The van der Waals surface area contributed by atoms with Crippen molar-refractivity contribution in [1.82, 2.24) is 15.0 Å². The maximum Gasteiger partial charge on any atom is 0.253 e. The Morgan fingerprint density at radius 2 is 0.392 bits per heavy atom. The van der Waals surface area contributed by atoms with Gasteiger partial charge in [0.05, 0.1) is 0 Å². The molecular weight excluding hydrogens is 745 g/mol. The van der Waals surface area contributed by atoms with Gasteiger partial charge in [-0.3, -0.25) is 0 Å². The molecule has 7 rings (SSSR count). The van der Waals surface area contributed by atoms with E-state index in [9.17, 15) is 0 Å². The van der Waals surface area contributed by atoms with E-state index in [1.807, 2.05) is 109 Å². The first kappa shape index (κ1) is 35.2. The highest BCUT2D eigenvalue weighted by molar-refractivity contribution is 8.19. The van der Waals surface area contributed by atoms with Crippen LogP contribution in [0, 0.1) is 0 Å². The van der Waals surface area contributed by atoms with Crippen LogP contribution in [0.5, 0.6) is 0 Å². The Labute approximate surface area is 324 Å². The van der Waals surface area contributed by atoms with Crippen molar-refractivity contribution in [3.63, 3.8) is 0 Å². The van der Waals surface area contributed by atoms with Gasteiger partial charge in [-0.05, 0) is 72.8 Å². The lowest BCUT2D eigenvalue weighted by atomic mass is 10.4. The van der Waals surface area contributed by atoms with Crippen LogP contribution in [0.4, 0.5) is 17.8 Å². The van der Waals surface area contributed by atoms with Gasteiger partial charge in [-0.1, -0.05) is 109 Å². The molecule has 0 unspecified atom stereocenters. The SMILES string of the molecule is c1ccc(SN(Sc2ccccc2)c2nc(N(Sc3ccccc3)Sc3ccccc3)nc(N(Sc3ccccc3)Sc3ccccc3)n2)cc1. The second-order valence-electron chi connectivity index (χ2n) is 10.4. The van der Waals surface area contributed by atoms with Crippen molar-refractivity contribution in [1.29, 1.82) is 0 Å². The first-order chi connectivity index (χ1) is 25.2. The van der Waals surface area contributed by atoms with E-state index in [-0.39, 0.29) is 0 Å². The quantitative estimate of drug-likeness (QED) is 0.0932. The fourth-order valence-electron chi connectivity index (χ4n) is 4.35. The van der Waals surface area contributed by atoms with Gasteiger partial charge in [0, 0.05) is 101 Å². The van der Waals surface area contributed by atoms with Crippen LogP contribution in [0.3, 0.4) is 0 Å². The third-order valence-corrected chi connectivity index (χ3v) is 12.9. The number of aromatic nitrogens is 3. The van der Waals surface area contributed by atoms with Crippen LogP contribution in [0.1, 0.15) is 0 Å². The summed E-state index contributed by atoms with van der Waals surface area (Å²) in [7, 11) is 0. The van der Waals surface area contributed by atoms with Gasteiger partial charge in [0.2, 0.25) is 0 Å². The molecule has 0 amide bonds. The topological polar surface area (TPSA) is 48.4 Å². The molecule has 7 aromatic rings. The van der Waals surface area contributed by atoms with Crippen LogP contribution in [0.2, 0.25) is 0 Å². The van der Waals surface area contributed by atoms with Gasteiger partial charge < -0.3 is 0 Å². The minimum absolute atomic E-state index is 0.511. The standard InChI is InChI=1S/C39H30N6S6/c1-7-19-31(20-8-1)46-43(47-32-21-9-2-10-22-32)37-40-38(44(48-33-23-11-3-12-24-33)49-34-25-13-4-14-26-34)42-39(41-37)45(50-35-27-15-5-16-28-35)51-36-29-17-6-18-30-36/h1-30H. The summed E-state index contributed by atoms with van der Waals surface area (Å²) in [6, 6.07) is 61.8. The third-order valence-electron chi connectivity index (χ3n) is 6.68. The summed E-state index contributed by atoms with van der Waals surface area (Å²) in [4.78, 5) is 22.0. The van der Waals surface area contributed by atoms with Crippen molar-refractivity contribution >= 4 is 89.5 Å². The molecule has 0 aliphatic rings. The smallest absolute Gasteiger partial charge is 0.215 e. The van der Waals surface area contributed by atoms with Crippen molar-refractivity contribution < 1.29 is 0 Å². The van der Waals surface area contributed by atoms with Gasteiger partial charge in [0.25, 0.3) is 17.8 Å². The first-order valence-electron chi connectivity index (χ1n) is 15.8. The molecule has 12 heteroatoms. The number of hydrogen-bond acceptors (Lipinski definition) is 12. The van der Waals surface area contributed by atoms with Crippen LogP contribution < -0.4 is 11.1 Å². The molecule has 1 heterocycles. The molecule has 0 saturated heterocycles. The second kappa shape index (κ2) is 18.4. The summed E-state index contributed by atoms with van der Waals surface area (Å²) in [6.07, 6.45) is 0. The van der Waals surface area contributed by atoms with Crippen LogP contribution in [0.15, 0.2) is 211 Å². The zero-order chi connectivity index (χ0) is 34.5. The zero-order valence-electron chi connectivity index (χ0n) is 27.0. The van der Waals surface area contributed by atoms with Crippen LogP contribution in [-0.4, -0.2) is 15.0 Å². The fraction of sp³-hybridized carbons (Fsp3) is 0.